The van der Waals surface area contributed by atoms with E-state index >= 15 is 0 Å². The van der Waals surface area contributed by atoms with Crippen LogP contribution in [0.15, 0.2) is 48.5 Å². The second kappa shape index (κ2) is 7.45. The van der Waals surface area contributed by atoms with Crippen molar-refractivity contribution in [2.24, 2.45) is 0 Å². The van der Waals surface area contributed by atoms with E-state index in [1.807, 2.05) is 12.1 Å². The van der Waals surface area contributed by atoms with Crippen molar-refractivity contribution in [3.63, 3.8) is 0 Å². The third-order valence-corrected chi connectivity index (χ3v) is 4.49. The van der Waals surface area contributed by atoms with Crippen LogP contribution in [0.25, 0.3) is 0 Å². The van der Waals surface area contributed by atoms with Gasteiger partial charge in [0.05, 0.1) is 5.56 Å². The van der Waals surface area contributed by atoms with Crippen LogP contribution in [0.3, 0.4) is 0 Å². The Morgan fingerprint density at radius 2 is 1.12 bits per heavy atom. The molecule has 1 aliphatic heterocycles. The van der Waals surface area contributed by atoms with Crippen LogP contribution in [0.1, 0.15) is 16.7 Å². The molecule has 0 unspecified atom stereocenters. The quantitative estimate of drug-likeness (QED) is 0.910. The number of phenols is 1. The number of nitrogens with zero attached hydrogens (tertiary/aromatic N) is 2. The summed E-state index contributed by atoms with van der Waals surface area (Å²) in [7, 11) is 0. The molecule has 0 atom stereocenters. The van der Waals surface area contributed by atoms with Gasteiger partial charge in [-0.15, -0.1) is 0 Å². The molecule has 0 aliphatic carbocycles. The van der Waals surface area contributed by atoms with Crippen molar-refractivity contribution in [1.82, 2.24) is 9.80 Å². The van der Waals surface area contributed by atoms with E-state index in [0.29, 0.717) is 6.54 Å². The van der Waals surface area contributed by atoms with Crippen LogP contribution in [0.5, 0.6) is 5.75 Å². The Labute approximate surface area is 145 Å². The summed E-state index contributed by atoms with van der Waals surface area (Å²) in [5.41, 5.74) is 1.46. The highest BCUT2D eigenvalue weighted by Gasteiger charge is 2.30. The first kappa shape index (κ1) is 17.8. The van der Waals surface area contributed by atoms with Gasteiger partial charge in [0.25, 0.3) is 0 Å². The zero-order valence-electron chi connectivity index (χ0n) is 13.8. The molecular formula is C19H21F3N2O. The van der Waals surface area contributed by atoms with Gasteiger partial charge in [-0.2, -0.15) is 13.2 Å². The number of piperazine rings is 1. The van der Waals surface area contributed by atoms with Gasteiger partial charge in [0.2, 0.25) is 0 Å². The summed E-state index contributed by atoms with van der Waals surface area (Å²) in [6.45, 7) is 5.13. The summed E-state index contributed by atoms with van der Waals surface area (Å²) < 4.78 is 37.8. The third kappa shape index (κ3) is 4.96. The molecular weight excluding hydrogens is 329 g/mol. The zero-order valence-corrected chi connectivity index (χ0v) is 13.8. The molecule has 6 heteroatoms. The molecule has 25 heavy (non-hydrogen) atoms. The molecule has 1 fully saturated rings. The van der Waals surface area contributed by atoms with E-state index in [1.165, 1.54) is 0 Å². The molecule has 1 N–H and O–H groups in total. The number of benzene rings is 2. The fraction of sp³-hybridized carbons (Fsp3) is 0.368. The van der Waals surface area contributed by atoms with Crippen molar-refractivity contribution in [2.45, 2.75) is 19.3 Å². The Bertz CT molecular complexity index is 675. The Morgan fingerprint density at radius 3 is 1.52 bits per heavy atom. The minimum Gasteiger partial charge on any atom is -0.508 e. The number of rotatable bonds is 4. The molecule has 0 bridgehead atoms. The van der Waals surface area contributed by atoms with E-state index in [2.05, 4.69) is 9.80 Å². The highest BCUT2D eigenvalue weighted by atomic mass is 19.4. The van der Waals surface area contributed by atoms with Gasteiger partial charge in [-0.25, -0.2) is 0 Å². The first-order chi connectivity index (χ1) is 11.9. The van der Waals surface area contributed by atoms with Crippen LogP contribution in [0.4, 0.5) is 13.2 Å². The van der Waals surface area contributed by atoms with E-state index < -0.39 is 11.7 Å². The minimum absolute atomic E-state index is 0.269. The fourth-order valence-electron chi connectivity index (χ4n) is 3.02. The maximum absolute atomic E-state index is 12.6. The molecule has 1 saturated heterocycles. The number of hydrogen-bond donors (Lipinski definition) is 1. The monoisotopic (exact) mass is 350 g/mol. The lowest BCUT2D eigenvalue weighted by Gasteiger charge is -2.34. The Morgan fingerprint density at radius 1 is 0.720 bits per heavy atom. The van der Waals surface area contributed by atoms with E-state index in [9.17, 15) is 18.3 Å². The van der Waals surface area contributed by atoms with Gasteiger partial charge in [-0.3, -0.25) is 9.80 Å². The van der Waals surface area contributed by atoms with Gasteiger partial charge in [-0.05, 0) is 35.4 Å². The molecule has 0 spiro atoms. The van der Waals surface area contributed by atoms with Gasteiger partial charge in [0.15, 0.2) is 0 Å². The number of aromatic hydroxyl groups is 1. The summed E-state index contributed by atoms with van der Waals surface area (Å²) >= 11 is 0. The second-order valence-electron chi connectivity index (χ2n) is 6.41. The van der Waals surface area contributed by atoms with Crippen LogP contribution in [0.2, 0.25) is 0 Å². The molecule has 3 rings (SSSR count). The average molecular weight is 350 g/mol. The van der Waals surface area contributed by atoms with Crippen molar-refractivity contribution in [3.8, 4) is 5.75 Å². The molecule has 1 heterocycles. The fourth-order valence-corrected chi connectivity index (χ4v) is 3.02. The summed E-state index contributed by atoms with van der Waals surface area (Å²) in [5, 5.41) is 9.32. The highest BCUT2D eigenvalue weighted by molar-refractivity contribution is 5.26. The molecule has 0 radical (unpaired) electrons. The lowest BCUT2D eigenvalue weighted by atomic mass is 10.1. The third-order valence-electron chi connectivity index (χ3n) is 4.49. The van der Waals surface area contributed by atoms with Gasteiger partial charge in [-0.1, -0.05) is 24.3 Å². The van der Waals surface area contributed by atoms with E-state index in [-0.39, 0.29) is 5.75 Å². The highest BCUT2D eigenvalue weighted by Crippen LogP contribution is 2.29. The predicted octanol–water partition coefficient (Wildman–Crippen LogP) is 3.73. The first-order valence-corrected chi connectivity index (χ1v) is 8.29. The Hall–Kier alpha value is -2.05. The zero-order chi connectivity index (χ0) is 17.9. The van der Waals surface area contributed by atoms with Crippen molar-refractivity contribution in [2.75, 3.05) is 26.2 Å². The Kier molecular flexibility index (Phi) is 5.30. The molecule has 2 aromatic carbocycles. The smallest absolute Gasteiger partial charge is 0.416 e. The van der Waals surface area contributed by atoms with Crippen LogP contribution in [-0.4, -0.2) is 41.1 Å². The number of phenolic OH excluding ortho intramolecular Hbond substituents is 1. The number of alkyl halides is 3. The van der Waals surface area contributed by atoms with Gasteiger partial charge in [0.1, 0.15) is 5.75 Å². The summed E-state index contributed by atoms with van der Waals surface area (Å²) in [6, 6.07) is 12.6. The maximum Gasteiger partial charge on any atom is 0.416 e. The van der Waals surface area contributed by atoms with Crippen molar-refractivity contribution in [1.29, 1.82) is 0 Å². The van der Waals surface area contributed by atoms with Crippen LogP contribution < -0.4 is 0 Å². The topological polar surface area (TPSA) is 26.7 Å². The molecule has 0 aromatic heterocycles. The van der Waals surface area contributed by atoms with Crippen LogP contribution >= 0.6 is 0 Å². The van der Waals surface area contributed by atoms with Crippen molar-refractivity contribution in [3.05, 3.63) is 65.2 Å². The summed E-state index contributed by atoms with van der Waals surface area (Å²) in [6.07, 6.45) is -4.28. The lowest BCUT2D eigenvalue weighted by molar-refractivity contribution is -0.137. The molecule has 3 nitrogen and oxygen atoms in total. The average Bonchev–Trinajstić information content (AvgIpc) is 2.58. The summed E-state index contributed by atoms with van der Waals surface area (Å²) in [5.74, 6) is 0.269. The number of halogens is 3. The molecule has 0 saturated carbocycles. The van der Waals surface area contributed by atoms with Gasteiger partial charge >= 0.3 is 6.18 Å². The summed E-state index contributed by atoms with van der Waals surface area (Å²) in [4.78, 5) is 4.60. The largest absolute Gasteiger partial charge is 0.508 e. The predicted molar refractivity (Wildman–Crippen MR) is 90.1 cm³/mol. The van der Waals surface area contributed by atoms with E-state index in [0.717, 1.165) is 56.0 Å². The Balaban J connectivity index is 1.48. The van der Waals surface area contributed by atoms with Crippen LogP contribution in [0, 0.1) is 0 Å². The maximum atomic E-state index is 12.6. The standard InChI is InChI=1S/C19H21F3N2O/c20-19(21,22)17-5-1-15(2-6-17)13-23-9-11-24(12-10-23)14-16-3-7-18(25)8-4-16/h1-8,25H,9-14H2. The lowest BCUT2D eigenvalue weighted by Crippen LogP contribution is -2.45. The first-order valence-electron chi connectivity index (χ1n) is 8.29. The molecule has 134 valence electrons. The van der Waals surface area contributed by atoms with E-state index in [1.54, 1.807) is 24.3 Å². The minimum atomic E-state index is -4.28. The van der Waals surface area contributed by atoms with Crippen molar-refractivity contribution < 1.29 is 18.3 Å². The molecule has 1 aliphatic rings. The van der Waals surface area contributed by atoms with E-state index in [4.69, 9.17) is 0 Å². The second-order valence-corrected chi connectivity index (χ2v) is 6.41. The van der Waals surface area contributed by atoms with Crippen molar-refractivity contribution >= 4 is 0 Å². The molecule has 0 amide bonds. The molecule has 2 aromatic rings. The number of hydrogen-bond acceptors (Lipinski definition) is 3. The normalized spacial score (nSPS) is 16.9. The SMILES string of the molecule is Oc1ccc(CN2CCN(Cc3ccc(C(F)(F)F)cc3)CC2)cc1. The van der Waals surface area contributed by atoms with Gasteiger partial charge < -0.3 is 5.11 Å². The van der Waals surface area contributed by atoms with Gasteiger partial charge in [0, 0.05) is 39.3 Å². The van der Waals surface area contributed by atoms with Crippen LogP contribution in [-0.2, 0) is 19.3 Å².